The van der Waals surface area contributed by atoms with Crippen molar-refractivity contribution in [2.45, 2.75) is 33.2 Å². The highest BCUT2D eigenvalue weighted by Gasteiger charge is 2.18. The molecule has 1 aliphatic rings. The molecule has 4 heteroatoms. The average molecular weight is 243 g/mol. The molecule has 1 aromatic carbocycles. The van der Waals surface area contributed by atoms with Crippen molar-refractivity contribution >= 4 is 0 Å². The Morgan fingerprint density at radius 2 is 1.83 bits per heavy atom. The van der Waals surface area contributed by atoms with E-state index >= 15 is 0 Å². The van der Waals surface area contributed by atoms with Crippen molar-refractivity contribution in [3.8, 4) is 0 Å². The molecule has 0 N–H and O–H groups in total. The first-order valence-corrected chi connectivity index (χ1v) is 6.28. The fourth-order valence-corrected chi connectivity index (χ4v) is 2.65. The van der Waals surface area contributed by atoms with Gasteiger partial charge in [-0.1, -0.05) is 12.1 Å². The van der Waals surface area contributed by atoms with E-state index in [1.54, 1.807) is 11.6 Å². The van der Waals surface area contributed by atoms with E-state index in [0.717, 1.165) is 25.2 Å². The molecule has 2 heterocycles. The van der Waals surface area contributed by atoms with Gasteiger partial charge >= 0.3 is 5.69 Å². The van der Waals surface area contributed by atoms with Crippen LogP contribution in [0.3, 0.4) is 0 Å². The number of hydrogen-bond donors (Lipinski definition) is 0. The van der Waals surface area contributed by atoms with Crippen LogP contribution in [0.1, 0.15) is 28.1 Å². The standard InChI is InChI=1S/C14H17N3O/c1-9-6-11-4-5-17-13(15-16(3)14(17)18)8-12(11)7-10(9)2/h6-7H,4-5,8H2,1-3H3. The second-order valence-electron chi connectivity index (χ2n) is 5.11. The summed E-state index contributed by atoms with van der Waals surface area (Å²) in [4.78, 5) is 11.9. The highest BCUT2D eigenvalue weighted by atomic mass is 16.2. The summed E-state index contributed by atoms with van der Waals surface area (Å²) in [6.45, 7) is 5.00. The quantitative estimate of drug-likeness (QED) is 0.700. The first kappa shape index (κ1) is 11.3. The third-order valence-corrected chi connectivity index (χ3v) is 3.85. The van der Waals surface area contributed by atoms with Crippen LogP contribution in [-0.2, 0) is 26.4 Å². The van der Waals surface area contributed by atoms with Gasteiger partial charge in [0, 0.05) is 20.0 Å². The highest BCUT2D eigenvalue weighted by Crippen LogP contribution is 2.22. The van der Waals surface area contributed by atoms with Crippen molar-refractivity contribution in [3.05, 3.63) is 50.7 Å². The van der Waals surface area contributed by atoms with Gasteiger partial charge in [0.25, 0.3) is 0 Å². The molecule has 0 bridgehead atoms. The number of aromatic nitrogens is 3. The van der Waals surface area contributed by atoms with Gasteiger partial charge < -0.3 is 0 Å². The Bertz CT molecular complexity index is 679. The minimum atomic E-state index is -0.00810. The fourth-order valence-electron chi connectivity index (χ4n) is 2.65. The van der Waals surface area contributed by atoms with Crippen molar-refractivity contribution in [2.75, 3.05) is 0 Å². The molecule has 0 radical (unpaired) electrons. The van der Waals surface area contributed by atoms with E-state index < -0.39 is 0 Å². The molecule has 4 nitrogen and oxygen atoms in total. The summed E-state index contributed by atoms with van der Waals surface area (Å²) in [5.74, 6) is 0.879. The Kier molecular flexibility index (Phi) is 2.40. The number of nitrogens with zero attached hydrogens (tertiary/aromatic N) is 3. The molecule has 0 saturated heterocycles. The molecule has 0 spiro atoms. The van der Waals surface area contributed by atoms with Crippen LogP contribution in [0.5, 0.6) is 0 Å². The van der Waals surface area contributed by atoms with Crippen molar-refractivity contribution in [3.63, 3.8) is 0 Å². The molecular formula is C14H17N3O. The largest absolute Gasteiger partial charge is 0.345 e. The first-order chi connectivity index (χ1) is 8.56. The molecule has 1 aliphatic heterocycles. The molecule has 3 rings (SSSR count). The number of fused-ring (bicyclic) bond motifs is 2. The summed E-state index contributed by atoms with van der Waals surface area (Å²) in [5.41, 5.74) is 5.28. The number of aryl methyl sites for hydroxylation is 4. The summed E-state index contributed by atoms with van der Waals surface area (Å²) in [6, 6.07) is 4.49. The van der Waals surface area contributed by atoms with Gasteiger partial charge in [0.15, 0.2) is 0 Å². The number of benzene rings is 1. The van der Waals surface area contributed by atoms with E-state index in [0.29, 0.717) is 0 Å². The SMILES string of the molecule is Cc1cc2c(cc1C)Cc1nn(C)c(=O)n1CC2. The lowest BCUT2D eigenvalue weighted by atomic mass is 9.96. The Morgan fingerprint density at radius 3 is 2.56 bits per heavy atom. The van der Waals surface area contributed by atoms with E-state index in [4.69, 9.17) is 0 Å². The van der Waals surface area contributed by atoms with Gasteiger partial charge in [-0.2, -0.15) is 5.10 Å². The van der Waals surface area contributed by atoms with E-state index in [1.807, 2.05) is 0 Å². The molecule has 0 fully saturated rings. The van der Waals surface area contributed by atoms with Gasteiger partial charge in [-0.05, 0) is 42.5 Å². The molecule has 1 aromatic heterocycles. The van der Waals surface area contributed by atoms with Gasteiger partial charge in [0.1, 0.15) is 5.82 Å². The van der Waals surface area contributed by atoms with Crippen LogP contribution >= 0.6 is 0 Å². The number of hydrogen-bond acceptors (Lipinski definition) is 2. The Balaban J connectivity index is 2.14. The fraction of sp³-hybridized carbons (Fsp3) is 0.429. The van der Waals surface area contributed by atoms with Crippen molar-refractivity contribution in [1.82, 2.24) is 14.3 Å². The maximum Gasteiger partial charge on any atom is 0.345 e. The average Bonchev–Trinajstić information content (AvgIpc) is 2.48. The molecule has 0 aliphatic carbocycles. The second kappa shape index (κ2) is 3.83. The maximum atomic E-state index is 11.9. The summed E-state index contributed by atoms with van der Waals surface area (Å²) in [7, 11) is 1.71. The molecule has 0 saturated carbocycles. The lowest BCUT2D eigenvalue weighted by Crippen LogP contribution is -2.23. The van der Waals surface area contributed by atoms with Crippen molar-refractivity contribution in [1.29, 1.82) is 0 Å². The molecule has 2 aromatic rings. The van der Waals surface area contributed by atoms with Gasteiger partial charge in [-0.3, -0.25) is 4.57 Å². The highest BCUT2D eigenvalue weighted by molar-refractivity contribution is 5.39. The monoisotopic (exact) mass is 243 g/mol. The maximum absolute atomic E-state index is 11.9. The van der Waals surface area contributed by atoms with Gasteiger partial charge in [-0.25, -0.2) is 9.48 Å². The first-order valence-electron chi connectivity index (χ1n) is 6.28. The van der Waals surface area contributed by atoms with E-state index in [1.165, 1.54) is 26.9 Å². The lowest BCUT2D eigenvalue weighted by Gasteiger charge is -2.09. The molecular weight excluding hydrogens is 226 g/mol. The zero-order valence-corrected chi connectivity index (χ0v) is 11.0. The van der Waals surface area contributed by atoms with E-state index in [-0.39, 0.29) is 5.69 Å². The van der Waals surface area contributed by atoms with Crippen LogP contribution in [-0.4, -0.2) is 14.3 Å². The van der Waals surface area contributed by atoms with Gasteiger partial charge in [0.2, 0.25) is 0 Å². The lowest BCUT2D eigenvalue weighted by molar-refractivity contribution is 0.641. The molecule has 0 amide bonds. The third kappa shape index (κ3) is 1.60. The Hall–Kier alpha value is -1.84. The van der Waals surface area contributed by atoms with Gasteiger partial charge in [0.05, 0.1) is 0 Å². The third-order valence-electron chi connectivity index (χ3n) is 3.85. The van der Waals surface area contributed by atoms with E-state index in [9.17, 15) is 4.79 Å². The normalized spacial score (nSPS) is 13.9. The van der Waals surface area contributed by atoms with Crippen LogP contribution in [0, 0.1) is 13.8 Å². The number of rotatable bonds is 0. The van der Waals surface area contributed by atoms with E-state index in [2.05, 4.69) is 31.1 Å². The summed E-state index contributed by atoms with van der Waals surface area (Å²) >= 11 is 0. The topological polar surface area (TPSA) is 39.8 Å². The smallest absolute Gasteiger partial charge is 0.278 e. The van der Waals surface area contributed by atoms with Crippen LogP contribution in [0.15, 0.2) is 16.9 Å². The van der Waals surface area contributed by atoms with Crippen LogP contribution in [0.4, 0.5) is 0 Å². The summed E-state index contributed by atoms with van der Waals surface area (Å²) < 4.78 is 3.23. The molecule has 94 valence electrons. The molecule has 0 unspecified atom stereocenters. The predicted octanol–water partition coefficient (Wildman–Crippen LogP) is 1.35. The van der Waals surface area contributed by atoms with Crippen LogP contribution in [0.2, 0.25) is 0 Å². The predicted molar refractivity (Wildman–Crippen MR) is 69.9 cm³/mol. The molecule has 0 atom stereocenters. The molecule has 18 heavy (non-hydrogen) atoms. The summed E-state index contributed by atoms with van der Waals surface area (Å²) in [6.07, 6.45) is 1.67. The zero-order chi connectivity index (χ0) is 12.9. The van der Waals surface area contributed by atoms with Crippen molar-refractivity contribution < 1.29 is 0 Å². The summed E-state index contributed by atoms with van der Waals surface area (Å²) in [5, 5.41) is 4.33. The van der Waals surface area contributed by atoms with Crippen LogP contribution in [0.25, 0.3) is 0 Å². The minimum absolute atomic E-state index is 0.00810. The van der Waals surface area contributed by atoms with Crippen molar-refractivity contribution in [2.24, 2.45) is 7.05 Å². The Morgan fingerprint density at radius 1 is 1.17 bits per heavy atom. The zero-order valence-electron chi connectivity index (χ0n) is 11.0. The minimum Gasteiger partial charge on any atom is -0.278 e. The Labute approximate surface area is 106 Å². The second-order valence-corrected chi connectivity index (χ2v) is 5.11. The van der Waals surface area contributed by atoms with Gasteiger partial charge in [-0.15, -0.1) is 0 Å². The van der Waals surface area contributed by atoms with Crippen LogP contribution < -0.4 is 5.69 Å².